The maximum absolute atomic E-state index is 11.4. The summed E-state index contributed by atoms with van der Waals surface area (Å²) >= 11 is 0. The van der Waals surface area contributed by atoms with Gasteiger partial charge in [-0.05, 0) is 12.1 Å². The molecule has 0 bridgehead atoms. The van der Waals surface area contributed by atoms with Gasteiger partial charge in [0.05, 0.1) is 5.39 Å². The standard InChI is InChI=1S/C15H8O6/c16-6-1-2-8-10(4-6)20-15-13(19)12-9(18)3-7(17)5-11(12)21-14(8)15/h1-5,17-19H. The molecule has 3 N–H and O–H groups in total. The number of fused-ring (bicyclic) bond motifs is 4. The molecule has 2 heterocycles. The molecule has 0 unspecified atom stereocenters. The van der Waals surface area contributed by atoms with Crippen molar-refractivity contribution >= 4 is 33.1 Å². The Bertz CT molecular complexity index is 1090. The van der Waals surface area contributed by atoms with E-state index in [0.29, 0.717) is 5.39 Å². The number of benzene rings is 2. The second-order valence-corrected chi connectivity index (χ2v) is 4.71. The van der Waals surface area contributed by atoms with E-state index >= 15 is 0 Å². The van der Waals surface area contributed by atoms with Crippen LogP contribution in [-0.2, 0) is 0 Å². The largest absolute Gasteiger partial charge is 0.508 e. The highest BCUT2D eigenvalue weighted by atomic mass is 16.4. The second kappa shape index (κ2) is 3.69. The van der Waals surface area contributed by atoms with Gasteiger partial charge in [0.1, 0.15) is 28.1 Å². The molecule has 2 aromatic carbocycles. The number of rotatable bonds is 0. The third kappa shape index (κ3) is 1.50. The number of hydrogen-bond acceptors (Lipinski definition) is 6. The number of phenols is 2. The van der Waals surface area contributed by atoms with E-state index in [-0.39, 0.29) is 50.4 Å². The smallest absolute Gasteiger partial charge is 0.213 e. The molecule has 0 fully saturated rings. The third-order valence-corrected chi connectivity index (χ3v) is 3.35. The Morgan fingerprint density at radius 1 is 0.857 bits per heavy atom. The summed E-state index contributed by atoms with van der Waals surface area (Å²) in [7, 11) is 0. The fourth-order valence-corrected chi connectivity index (χ4v) is 2.44. The molecule has 0 aliphatic rings. The summed E-state index contributed by atoms with van der Waals surface area (Å²) in [6.07, 6.45) is 0. The highest BCUT2D eigenvalue weighted by Gasteiger charge is 2.19. The van der Waals surface area contributed by atoms with Crippen LogP contribution in [0, 0.1) is 0 Å². The summed E-state index contributed by atoms with van der Waals surface area (Å²) in [5, 5.41) is 30.2. The quantitative estimate of drug-likeness (QED) is 0.458. The SMILES string of the molecule is O=c1ccc2c(c1)oc1c(O)c3c(O)cc(O)cc3oc12. The molecule has 6 heteroatoms. The fourth-order valence-electron chi connectivity index (χ4n) is 2.44. The normalized spacial score (nSPS) is 11.6. The zero-order chi connectivity index (χ0) is 14.7. The highest BCUT2D eigenvalue weighted by molar-refractivity contribution is 6.09. The molecule has 2 aromatic heterocycles. The molecule has 0 aliphatic heterocycles. The van der Waals surface area contributed by atoms with Gasteiger partial charge in [0.2, 0.25) is 5.58 Å². The Balaban J connectivity index is 2.30. The van der Waals surface area contributed by atoms with E-state index in [2.05, 4.69) is 0 Å². The second-order valence-electron chi connectivity index (χ2n) is 4.71. The molecule has 0 spiro atoms. The predicted octanol–water partition coefficient (Wildman–Crippen LogP) is 2.81. The van der Waals surface area contributed by atoms with E-state index in [0.717, 1.165) is 6.07 Å². The van der Waals surface area contributed by atoms with E-state index < -0.39 is 0 Å². The molecule has 0 atom stereocenters. The minimum atomic E-state index is -0.335. The van der Waals surface area contributed by atoms with Gasteiger partial charge in [0, 0.05) is 18.2 Å². The van der Waals surface area contributed by atoms with E-state index in [1.54, 1.807) is 0 Å². The average molecular weight is 284 g/mol. The van der Waals surface area contributed by atoms with Crippen LogP contribution in [0.2, 0.25) is 0 Å². The first-order chi connectivity index (χ1) is 10.0. The molecule has 4 aromatic rings. The number of hydrogen-bond donors (Lipinski definition) is 3. The maximum Gasteiger partial charge on any atom is 0.213 e. The van der Waals surface area contributed by atoms with E-state index in [9.17, 15) is 20.1 Å². The van der Waals surface area contributed by atoms with Gasteiger partial charge >= 0.3 is 0 Å². The van der Waals surface area contributed by atoms with Gasteiger partial charge in [0.25, 0.3) is 0 Å². The molecule has 4 rings (SSSR count). The summed E-state index contributed by atoms with van der Waals surface area (Å²) in [5.74, 6) is -0.845. The molecule has 0 saturated heterocycles. The van der Waals surface area contributed by atoms with Crippen LogP contribution >= 0.6 is 0 Å². The predicted molar refractivity (Wildman–Crippen MR) is 74.8 cm³/mol. The molecule has 21 heavy (non-hydrogen) atoms. The minimum Gasteiger partial charge on any atom is -0.508 e. The summed E-state index contributed by atoms with van der Waals surface area (Å²) in [6, 6.07) is 6.53. The Kier molecular flexibility index (Phi) is 2.05. The van der Waals surface area contributed by atoms with Crippen molar-refractivity contribution in [1.82, 2.24) is 0 Å². The van der Waals surface area contributed by atoms with E-state index in [1.807, 2.05) is 0 Å². The van der Waals surface area contributed by atoms with Crippen molar-refractivity contribution in [2.75, 3.05) is 0 Å². The third-order valence-electron chi connectivity index (χ3n) is 3.35. The zero-order valence-electron chi connectivity index (χ0n) is 10.5. The number of furan rings is 1. The number of phenolic OH excluding ortho intramolecular Hbond substituents is 2. The maximum atomic E-state index is 11.4. The first-order valence-corrected chi connectivity index (χ1v) is 6.08. The zero-order valence-corrected chi connectivity index (χ0v) is 10.5. The van der Waals surface area contributed by atoms with Crippen molar-refractivity contribution in [2.24, 2.45) is 0 Å². The molecule has 0 amide bonds. The Morgan fingerprint density at radius 3 is 2.43 bits per heavy atom. The lowest BCUT2D eigenvalue weighted by Gasteiger charge is -2.04. The molecular formula is C15H8O6. The van der Waals surface area contributed by atoms with Crippen LogP contribution in [0.25, 0.3) is 33.1 Å². The Labute approximate surface area is 116 Å². The summed E-state index contributed by atoms with van der Waals surface area (Å²) < 4.78 is 11.0. The van der Waals surface area contributed by atoms with Gasteiger partial charge in [-0.2, -0.15) is 0 Å². The highest BCUT2D eigenvalue weighted by Crippen LogP contribution is 2.43. The molecule has 0 radical (unpaired) electrons. The van der Waals surface area contributed by atoms with Crippen molar-refractivity contribution in [3.63, 3.8) is 0 Å². The first kappa shape index (κ1) is 11.7. The van der Waals surface area contributed by atoms with Crippen LogP contribution in [0.3, 0.4) is 0 Å². The average Bonchev–Trinajstić information content (AvgIpc) is 2.76. The van der Waals surface area contributed by atoms with Crippen molar-refractivity contribution < 1.29 is 24.2 Å². The molecule has 104 valence electrons. The topological polar surface area (TPSA) is 104 Å². The van der Waals surface area contributed by atoms with Gasteiger partial charge in [-0.1, -0.05) is 0 Å². The lowest BCUT2D eigenvalue weighted by Crippen LogP contribution is -1.92. The molecule has 0 saturated carbocycles. The summed E-state index contributed by atoms with van der Waals surface area (Å²) in [4.78, 5) is 11.4. The molecule has 6 nitrogen and oxygen atoms in total. The monoisotopic (exact) mass is 284 g/mol. The number of aromatic hydroxyl groups is 3. The molecular weight excluding hydrogens is 276 g/mol. The van der Waals surface area contributed by atoms with E-state index in [1.165, 1.54) is 24.3 Å². The van der Waals surface area contributed by atoms with Crippen LogP contribution in [0.15, 0.2) is 44.0 Å². The van der Waals surface area contributed by atoms with Crippen molar-refractivity contribution in [3.8, 4) is 17.2 Å². The molecule has 0 aliphatic carbocycles. The first-order valence-electron chi connectivity index (χ1n) is 6.08. The summed E-state index contributed by atoms with van der Waals surface area (Å²) in [6.45, 7) is 0. The lowest BCUT2D eigenvalue weighted by atomic mass is 10.1. The van der Waals surface area contributed by atoms with Crippen LogP contribution < -0.4 is 5.43 Å². The van der Waals surface area contributed by atoms with Crippen LogP contribution in [0.5, 0.6) is 17.2 Å². The van der Waals surface area contributed by atoms with Gasteiger partial charge in [0.15, 0.2) is 16.8 Å². The van der Waals surface area contributed by atoms with Crippen LogP contribution in [0.1, 0.15) is 0 Å². The van der Waals surface area contributed by atoms with Crippen LogP contribution in [-0.4, -0.2) is 15.3 Å². The van der Waals surface area contributed by atoms with Crippen molar-refractivity contribution in [1.29, 1.82) is 0 Å². The van der Waals surface area contributed by atoms with Crippen molar-refractivity contribution in [3.05, 3.63) is 40.6 Å². The van der Waals surface area contributed by atoms with Crippen LogP contribution in [0.4, 0.5) is 0 Å². The Morgan fingerprint density at radius 2 is 1.62 bits per heavy atom. The summed E-state index contributed by atoms with van der Waals surface area (Å²) in [5.41, 5.74) is 0.414. The minimum absolute atomic E-state index is 0.0294. The van der Waals surface area contributed by atoms with Gasteiger partial charge in [-0.25, -0.2) is 0 Å². The van der Waals surface area contributed by atoms with E-state index in [4.69, 9.17) is 8.83 Å². The van der Waals surface area contributed by atoms with Gasteiger partial charge < -0.3 is 24.2 Å². The van der Waals surface area contributed by atoms with Crippen molar-refractivity contribution in [2.45, 2.75) is 0 Å². The fraction of sp³-hybridized carbons (Fsp3) is 0. The van der Waals surface area contributed by atoms with Gasteiger partial charge in [-0.3, -0.25) is 4.79 Å². The lowest BCUT2D eigenvalue weighted by molar-refractivity contribution is 0.444. The Hall–Kier alpha value is -3.15. The van der Waals surface area contributed by atoms with Gasteiger partial charge in [-0.15, -0.1) is 0 Å².